The van der Waals surface area contributed by atoms with Crippen LogP contribution in [-0.2, 0) is 0 Å². The largest absolute Gasteiger partial charge is 0.345 e. The number of nitrogens with one attached hydrogen (secondary N) is 1. The molecule has 0 unspecified atom stereocenters. The summed E-state index contributed by atoms with van der Waals surface area (Å²) in [5.74, 6) is -0.407. The minimum atomic E-state index is -0.254. The molecule has 2 aromatic rings. The fraction of sp³-hybridized carbons (Fsp3) is 0.125. The Hall–Kier alpha value is -2.14. The molecule has 0 aliphatic heterocycles. The SMILES string of the molecule is CN(C)C(=O)c1ccccc1NC(=O)c1cccc(Br)c1. The third-order valence-electron chi connectivity index (χ3n) is 2.90. The van der Waals surface area contributed by atoms with Crippen LogP contribution in [0.4, 0.5) is 5.69 Å². The zero-order chi connectivity index (χ0) is 15.4. The lowest BCUT2D eigenvalue weighted by Gasteiger charge is -2.14. The highest BCUT2D eigenvalue weighted by atomic mass is 79.9. The second-order valence-corrected chi connectivity index (χ2v) is 5.63. The minimum absolute atomic E-state index is 0.153. The van der Waals surface area contributed by atoms with Crippen LogP contribution in [0.5, 0.6) is 0 Å². The number of nitrogens with zero attached hydrogens (tertiary/aromatic N) is 1. The molecule has 0 bridgehead atoms. The zero-order valence-corrected chi connectivity index (χ0v) is 13.3. The van der Waals surface area contributed by atoms with Crippen LogP contribution in [0.3, 0.4) is 0 Å². The molecule has 2 aromatic carbocycles. The van der Waals surface area contributed by atoms with Crippen LogP contribution in [0.15, 0.2) is 53.0 Å². The average molecular weight is 347 g/mol. The summed E-state index contributed by atoms with van der Waals surface area (Å²) in [6.07, 6.45) is 0. The van der Waals surface area contributed by atoms with Crippen LogP contribution >= 0.6 is 15.9 Å². The number of benzene rings is 2. The van der Waals surface area contributed by atoms with Gasteiger partial charge in [-0.1, -0.05) is 34.1 Å². The van der Waals surface area contributed by atoms with E-state index in [1.54, 1.807) is 56.6 Å². The molecule has 0 saturated carbocycles. The maximum atomic E-state index is 12.3. The van der Waals surface area contributed by atoms with E-state index in [0.717, 1.165) is 4.47 Å². The van der Waals surface area contributed by atoms with Gasteiger partial charge in [-0.25, -0.2) is 0 Å². The van der Waals surface area contributed by atoms with Crippen LogP contribution in [0, 0.1) is 0 Å². The Morgan fingerprint density at radius 2 is 1.76 bits per heavy atom. The molecule has 0 saturated heterocycles. The van der Waals surface area contributed by atoms with E-state index in [-0.39, 0.29) is 11.8 Å². The molecule has 0 fully saturated rings. The summed E-state index contributed by atoms with van der Waals surface area (Å²) in [6, 6.07) is 14.0. The van der Waals surface area contributed by atoms with Gasteiger partial charge in [0.15, 0.2) is 0 Å². The number of rotatable bonds is 3. The number of anilines is 1. The van der Waals surface area contributed by atoms with Crippen molar-refractivity contribution in [3.63, 3.8) is 0 Å². The van der Waals surface area contributed by atoms with Crippen molar-refractivity contribution >= 4 is 33.4 Å². The number of halogens is 1. The lowest BCUT2D eigenvalue weighted by Crippen LogP contribution is -2.24. The van der Waals surface area contributed by atoms with E-state index in [2.05, 4.69) is 21.2 Å². The molecule has 2 amide bonds. The highest BCUT2D eigenvalue weighted by Gasteiger charge is 2.15. The fourth-order valence-corrected chi connectivity index (χ4v) is 2.24. The Balaban J connectivity index is 2.28. The molecule has 1 N–H and O–H groups in total. The molecule has 0 aliphatic carbocycles. The predicted molar refractivity (Wildman–Crippen MR) is 86.6 cm³/mol. The molecule has 0 radical (unpaired) electrons. The Bertz CT molecular complexity index is 683. The predicted octanol–water partition coefficient (Wildman–Crippen LogP) is 3.40. The van der Waals surface area contributed by atoms with Gasteiger partial charge in [0, 0.05) is 24.1 Å². The van der Waals surface area contributed by atoms with Gasteiger partial charge in [0.1, 0.15) is 0 Å². The van der Waals surface area contributed by atoms with E-state index in [4.69, 9.17) is 0 Å². The van der Waals surface area contributed by atoms with Gasteiger partial charge in [-0.15, -0.1) is 0 Å². The molecule has 108 valence electrons. The van der Waals surface area contributed by atoms with Crippen molar-refractivity contribution < 1.29 is 9.59 Å². The van der Waals surface area contributed by atoms with E-state index in [1.165, 1.54) is 4.90 Å². The molecule has 0 aromatic heterocycles. The van der Waals surface area contributed by atoms with Crippen LogP contribution in [0.25, 0.3) is 0 Å². The molecular weight excluding hydrogens is 332 g/mol. The lowest BCUT2D eigenvalue weighted by atomic mass is 10.1. The second kappa shape index (κ2) is 6.54. The standard InChI is InChI=1S/C16H15BrN2O2/c1-19(2)16(21)13-8-3-4-9-14(13)18-15(20)11-6-5-7-12(17)10-11/h3-10H,1-2H3,(H,18,20). The first kappa shape index (κ1) is 15.3. The van der Waals surface area contributed by atoms with Crippen molar-refractivity contribution in [2.75, 3.05) is 19.4 Å². The topological polar surface area (TPSA) is 49.4 Å². The summed E-state index contributed by atoms with van der Waals surface area (Å²) in [6.45, 7) is 0. The van der Waals surface area contributed by atoms with Crippen molar-refractivity contribution in [2.45, 2.75) is 0 Å². The van der Waals surface area contributed by atoms with Gasteiger partial charge in [-0.05, 0) is 30.3 Å². The van der Waals surface area contributed by atoms with Gasteiger partial charge < -0.3 is 10.2 Å². The highest BCUT2D eigenvalue weighted by Crippen LogP contribution is 2.18. The van der Waals surface area contributed by atoms with Gasteiger partial charge in [0.05, 0.1) is 11.3 Å². The Morgan fingerprint density at radius 1 is 1.05 bits per heavy atom. The van der Waals surface area contributed by atoms with E-state index >= 15 is 0 Å². The first-order chi connectivity index (χ1) is 9.99. The van der Waals surface area contributed by atoms with Crippen LogP contribution in [0.2, 0.25) is 0 Å². The van der Waals surface area contributed by atoms with E-state index in [9.17, 15) is 9.59 Å². The van der Waals surface area contributed by atoms with E-state index in [0.29, 0.717) is 16.8 Å². The molecular formula is C16H15BrN2O2. The van der Waals surface area contributed by atoms with Gasteiger partial charge in [-0.2, -0.15) is 0 Å². The Labute approximate surface area is 131 Å². The first-order valence-electron chi connectivity index (χ1n) is 6.36. The molecule has 0 aliphatic rings. The van der Waals surface area contributed by atoms with E-state index in [1.807, 2.05) is 6.07 Å². The van der Waals surface area contributed by atoms with Gasteiger partial charge in [0.2, 0.25) is 0 Å². The molecule has 2 rings (SSSR count). The minimum Gasteiger partial charge on any atom is -0.345 e. The summed E-state index contributed by atoms with van der Waals surface area (Å²) in [5.41, 5.74) is 1.49. The van der Waals surface area contributed by atoms with Crippen LogP contribution in [0.1, 0.15) is 20.7 Å². The normalized spacial score (nSPS) is 10.0. The van der Waals surface area contributed by atoms with Gasteiger partial charge in [-0.3, -0.25) is 9.59 Å². The van der Waals surface area contributed by atoms with Gasteiger partial charge >= 0.3 is 0 Å². The fourth-order valence-electron chi connectivity index (χ4n) is 1.84. The maximum Gasteiger partial charge on any atom is 0.255 e. The van der Waals surface area contributed by atoms with Gasteiger partial charge in [0.25, 0.3) is 11.8 Å². The van der Waals surface area contributed by atoms with Crippen LogP contribution < -0.4 is 5.32 Å². The molecule has 0 atom stereocenters. The quantitative estimate of drug-likeness (QED) is 0.925. The number of carbonyl (C=O) groups excluding carboxylic acids is 2. The Kier molecular flexibility index (Phi) is 4.75. The number of amides is 2. The van der Waals surface area contributed by atoms with Crippen molar-refractivity contribution in [2.24, 2.45) is 0 Å². The smallest absolute Gasteiger partial charge is 0.255 e. The molecule has 4 nitrogen and oxygen atoms in total. The molecule has 0 heterocycles. The molecule has 21 heavy (non-hydrogen) atoms. The highest BCUT2D eigenvalue weighted by molar-refractivity contribution is 9.10. The third-order valence-corrected chi connectivity index (χ3v) is 3.39. The number of carbonyl (C=O) groups is 2. The van der Waals surface area contributed by atoms with Crippen molar-refractivity contribution in [3.05, 3.63) is 64.1 Å². The van der Waals surface area contributed by atoms with Crippen molar-refractivity contribution in [1.82, 2.24) is 4.90 Å². The number of hydrogen-bond acceptors (Lipinski definition) is 2. The Morgan fingerprint density at radius 3 is 2.43 bits per heavy atom. The summed E-state index contributed by atoms with van der Waals surface area (Å²) < 4.78 is 0.827. The summed E-state index contributed by atoms with van der Waals surface area (Å²) >= 11 is 3.33. The van der Waals surface area contributed by atoms with E-state index < -0.39 is 0 Å². The summed E-state index contributed by atoms with van der Waals surface area (Å²) in [7, 11) is 3.35. The van der Waals surface area contributed by atoms with Crippen molar-refractivity contribution in [3.8, 4) is 0 Å². The summed E-state index contributed by atoms with van der Waals surface area (Å²) in [5, 5.41) is 2.78. The first-order valence-corrected chi connectivity index (χ1v) is 7.16. The number of hydrogen-bond donors (Lipinski definition) is 1. The molecule has 5 heteroatoms. The lowest BCUT2D eigenvalue weighted by molar-refractivity contribution is 0.0828. The van der Waals surface area contributed by atoms with Crippen LogP contribution in [-0.4, -0.2) is 30.8 Å². The number of para-hydroxylation sites is 1. The second-order valence-electron chi connectivity index (χ2n) is 4.71. The average Bonchev–Trinajstić information content (AvgIpc) is 2.47. The molecule has 0 spiro atoms. The van der Waals surface area contributed by atoms with Crippen molar-refractivity contribution in [1.29, 1.82) is 0 Å². The monoisotopic (exact) mass is 346 g/mol. The zero-order valence-electron chi connectivity index (χ0n) is 11.8. The third kappa shape index (κ3) is 3.70. The maximum absolute atomic E-state index is 12.3. The summed E-state index contributed by atoms with van der Waals surface area (Å²) in [4.78, 5) is 25.8.